The fourth-order valence-electron chi connectivity index (χ4n) is 7.38. The summed E-state index contributed by atoms with van der Waals surface area (Å²) in [6.45, 7) is 1.91. The van der Waals surface area contributed by atoms with Gasteiger partial charge in [0, 0.05) is 55.6 Å². The SMILES string of the molecule is COc1ccc(C(=O)CCC(=O)N(Cc2ccc(-c3ccc(CNCCc4ccc(S(C)(=O)=O)cc4)cn3)cc2)C2CC3CCC2C3)cc1F.O=C(O)C(F)(F)F. The Morgan fingerprint density at radius 1 is 0.912 bits per heavy atom. The summed E-state index contributed by atoms with van der Waals surface area (Å²) in [5.41, 5.74) is 5.25. The second kappa shape index (κ2) is 18.9. The number of carbonyl (C=O) groups is 3. The first kappa shape index (κ1) is 43.0. The predicted molar refractivity (Wildman–Crippen MR) is 205 cm³/mol. The van der Waals surface area contributed by atoms with Gasteiger partial charge in [-0.15, -0.1) is 0 Å². The number of aromatic nitrogens is 1. The number of halogens is 4. The molecule has 15 heteroatoms. The number of nitrogens with zero attached hydrogens (tertiary/aromatic N) is 2. The number of fused-ring (bicyclic) bond motifs is 2. The minimum absolute atomic E-state index is 0.0269. The van der Waals surface area contributed by atoms with Crippen molar-refractivity contribution in [2.75, 3.05) is 19.9 Å². The first-order valence-corrected chi connectivity index (χ1v) is 20.4. The van der Waals surface area contributed by atoms with Crippen LogP contribution in [-0.4, -0.2) is 73.2 Å². The molecule has 0 aliphatic heterocycles. The Balaban J connectivity index is 0.000000811. The number of benzene rings is 3. The Bertz CT molecular complexity index is 2130. The van der Waals surface area contributed by atoms with E-state index in [4.69, 9.17) is 14.6 Å². The Morgan fingerprint density at radius 2 is 1.58 bits per heavy atom. The number of rotatable bonds is 15. The molecule has 0 radical (unpaired) electrons. The molecule has 10 nitrogen and oxygen atoms in total. The molecule has 304 valence electrons. The van der Waals surface area contributed by atoms with Crippen molar-refractivity contribution in [3.63, 3.8) is 0 Å². The summed E-state index contributed by atoms with van der Waals surface area (Å²) < 4.78 is 74.2. The van der Waals surface area contributed by atoms with Crippen LogP contribution in [0.2, 0.25) is 0 Å². The van der Waals surface area contributed by atoms with Gasteiger partial charge >= 0.3 is 12.1 Å². The van der Waals surface area contributed by atoms with Crippen LogP contribution in [0.4, 0.5) is 17.6 Å². The van der Waals surface area contributed by atoms with Gasteiger partial charge in [0.1, 0.15) is 0 Å². The fraction of sp³-hybridized carbons (Fsp3) is 0.381. The lowest BCUT2D eigenvalue weighted by Crippen LogP contribution is -2.42. The third-order valence-corrected chi connectivity index (χ3v) is 11.5. The summed E-state index contributed by atoms with van der Waals surface area (Å²) in [6.07, 6.45) is 3.43. The molecule has 4 aromatic rings. The molecule has 2 saturated carbocycles. The van der Waals surface area contributed by atoms with E-state index in [1.54, 1.807) is 12.1 Å². The lowest BCUT2D eigenvalue weighted by atomic mass is 9.93. The second-order valence-electron chi connectivity index (χ2n) is 14.4. The molecule has 1 aromatic heterocycles. The topological polar surface area (TPSA) is 143 Å². The monoisotopic (exact) mass is 811 g/mol. The number of hydrogen-bond donors (Lipinski definition) is 2. The zero-order valence-corrected chi connectivity index (χ0v) is 32.4. The quantitative estimate of drug-likeness (QED) is 0.0712. The first-order valence-electron chi connectivity index (χ1n) is 18.5. The Morgan fingerprint density at radius 3 is 2.12 bits per heavy atom. The van der Waals surface area contributed by atoms with Crippen LogP contribution in [0.5, 0.6) is 5.75 Å². The largest absolute Gasteiger partial charge is 0.494 e. The van der Waals surface area contributed by atoms with Gasteiger partial charge in [0.05, 0.1) is 17.7 Å². The minimum Gasteiger partial charge on any atom is -0.494 e. The van der Waals surface area contributed by atoms with Gasteiger partial charge in [0.15, 0.2) is 27.2 Å². The molecule has 2 bridgehead atoms. The van der Waals surface area contributed by atoms with Gasteiger partial charge in [-0.2, -0.15) is 13.2 Å². The van der Waals surface area contributed by atoms with Crippen molar-refractivity contribution < 1.29 is 50.2 Å². The highest BCUT2D eigenvalue weighted by Crippen LogP contribution is 2.47. The summed E-state index contributed by atoms with van der Waals surface area (Å²) in [5.74, 6) is -2.40. The first-order chi connectivity index (χ1) is 27.0. The maximum atomic E-state index is 14.2. The molecule has 1 amide bonds. The molecule has 2 N–H and O–H groups in total. The number of Topliss-reactive ketones (excluding diaryl/α,β-unsaturated/α-hetero) is 1. The standard InChI is InChI=1S/C40H44FN3O5S.C2HF3O2/c1-49-39-17-12-33(23-35(39)41)38(45)16-18-40(46)44(37-22-29-5-11-32(37)21-29)26-28-3-9-31(10-4-28)36-15-8-30(25-43-36)24-42-20-19-27-6-13-34(14-7-27)50(2,47)48;3-2(4,5)1(6)7/h3-4,6-10,12-15,17,23,25,29,32,37,42H,5,11,16,18-22,24,26H2,1-2H3;(H,6,7). The van der Waals surface area contributed by atoms with Gasteiger partial charge in [0.2, 0.25) is 5.91 Å². The number of methoxy groups -OCH3 is 1. The number of amides is 1. The number of carbonyl (C=O) groups excluding carboxylic acids is 2. The number of hydrogen-bond acceptors (Lipinski definition) is 8. The molecule has 3 aromatic carbocycles. The smallest absolute Gasteiger partial charge is 0.490 e. The molecule has 1 heterocycles. The maximum Gasteiger partial charge on any atom is 0.490 e. The number of alkyl halides is 3. The Kier molecular flexibility index (Phi) is 14.2. The van der Waals surface area contributed by atoms with E-state index in [9.17, 15) is 35.6 Å². The van der Waals surface area contributed by atoms with E-state index in [0.717, 1.165) is 60.2 Å². The Labute approximate surface area is 329 Å². The average Bonchev–Trinajstić information content (AvgIpc) is 3.82. The summed E-state index contributed by atoms with van der Waals surface area (Å²) in [7, 11) is -1.81. The van der Waals surface area contributed by atoms with E-state index in [-0.39, 0.29) is 41.9 Å². The molecular weight excluding hydrogens is 767 g/mol. The number of nitrogens with one attached hydrogen (secondary N) is 1. The highest BCUT2D eigenvalue weighted by molar-refractivity contribution is 7.90. The number of carboxylic acids is 1. The summed E-state index contributed by atoms with van der Waals surface area (Å²) >= 11 is 0. The molecule has 0 saturated heterocycles. The van der Waals surface area contributed by atoms with Crippen LogP contribution in [0.25, 0.3) is 11.3 Å². The third-order valence-electron chi connectivity index (χ3n) is 10.4. The van der Waals surface area contributed by atoms with Crippen LogP contribution in [0.15, 0.2) is 90.0 Å². The minimum atomic E-state index is -5.08. The average molecular weight is 812 g/mol. The van der Waals surface area contributed by atoms with E-state index in [1.165, 1.54) is 38.0 Å². The van der Waals surface area contributed by atoms with Crippen LogP contribution < -0.4 is 10.1 Å². The van der Waals surface area contributed by atoms with E-state index in [2.05, 4.69) is 16.4 Å². The van der Waals surface area contributed by atoms with Crippen molar-refractivity contribution >= 4 is 27.5 Å². The molecule has 2 fully saturated rings. The van der Waals surface area contributed by atoms with Crippen molar-refractivity contribution in [2.24, 2.45) is 11.8 Å². The summed E-state index contributed by atoms with van der Waals surface area (Å²) in [6, 6.07) is 23.6. The molecule has 3 unspecified atom stereocenters. The van der Waals surface area contributed by atoms with E-state index >= 15 is 0 Å². The van der Waals surface area contributed by atoms with Gasteiger partial charge in [-0.25, -0.2) is 17.6 Å². The number of carboxylic acid groups (broad SMARTS) is 1. The van der Waals surface area contributed by atoms with Gasteiger partial charge in [0.25, 0.3) is 0 Å². The maximum absolute atomic E-state index is 14.2. The molecule has 0 spiro atoms. The van der Waals surface area contributed by atoms with Crippen molar-refractivity contribution in [1.29, 1.82) is 0 Å². The molecule has 57 heavy (non-hydrogen) atoms. The molecule has 3 atom stereocenters. The van der Waals surface area contributed by atoms with Crippen LogP contribution in [0.3, 0.4) is 0 Å². The van der Waals surface area contributed by atoms with E-state index in [1.807, 2.05) is 53.6 Å². The van der Waals surface area contributed by atoms with E-state index in [0.29, 0.717) is 29.8 Å². The van der Waals surface area contributed by atoms with Gasteiger partial charge in [-0.3, -0.25) is 14.6 Å². The van der Waals surface area contributed by atoms with E-state index < -0.39 is 27.8 Å². The van der Waals surface area contributed by atoms with Crippen molar-refractivity contribution in [1.82, 2.24) is 15.2 Å². The van der Waals surface area contributed by atoms with Crippen molar-refractivity contribution in [3.8, 4) is 17.0 Å². The van der Waals surface area contributed by atoms with Gasteiger partial charge < -0.3 is 20.1 Å². The summed E-state index contributed by atoms with van der Waals surface area (Å²) in [5, 5.41) is 10.5. The molecule has 2 aliphatic carbocycles. The lowest BCUT2D eigenvalue weighted by Gasteiger charge is -2.35. The number of ketones is 1. The highest BCUT2D eigenvalue weighted by atomic mass is 32.2. The number of ether oxygens (including phenoxy) is 1. The zero-order chi connectivity index (χ0) is 41.3. The van der Waals surface area contributed by atoms with Gasteiger partial charge in [-0.1, -0.05) is 48.9 Å². The summed E-state index contributed by atoms with van der Waals surface area (Å²) in [4.78, 5) is 42.5. The molecule has 2 aliphatic rings. The number of sulfone groups is 1. The number of aliphatic carboxylic acids is 1. The Hall–Kier alpha value is -5.15. The van der Waals surface area contributed by atoms with Crippen molar-refractivity contribution in [3.05, 3.63) is 113 Å². The second-order valence-corrected chi connectivity index (χ2v) is 16.4. The zero-order valence-electron chi connectivity index (χ0n) is 31.6. The van der Waals surface area contributed by atoms with Gasteiger partial charge in [-0.05, 0) is 97.2 Å². The predicted octanol–water partition coefficient (Wildman–Crippen LogP) is 7.45. The molecule has 6 rings (SSSR count). The third kappa shape index (κ3) is 11.9. The number of pyridine rings is 1. The lowest BCUT2D eigenvalue weighted by molar-refractivity contribution is -0.192. The van der Waals surface area contributed by atoms with Crippen LogP contribution in [0.1, 0.15) is 65.6 Å². The normalized spacial score (nSPS) is 17.4. The highest BCUT2D eigenvalue weighted by Gasteiger charge is 2.43. The van der Waals surface area contributed by atoms with Crippen LogP contribution in [0, 0.1) is 17.7 Å². The van der Waals surface area contributed by atoms with Crippen LogP contribution >= 0.6 is 0 Å². The molecular formula is C42H45F4N3O7S. The van der Waals surface area contributed by atoms with Crippen molar-refractivity contribution in [2.45, 2.75) is 75.1 Å². The fourth-order valence-corrected chi connectivity index (χ4v) is 8.01. The van der Waals surface area contributed by atoms with Crippen LogP contribution in [-0.2, 0) is 38.9 Å².